The SMILES string of the molecule is O=C(c1ncccc1O)N1C[C@@H](CN2CCOCC2)[C@@H](CO)C1. The van der Waals surface area contributed by atoms with Gasteiger partial charge >= 0.3 is 0 Å². The van der Waals surface area contributed by atoms with Gasteiger partial charge in [-0.05, 0) is 18.1 Å². The summed E-state index contributed by atoms with van der Waals surface area (Å²) >= 11 is 0. The lowest BCUT2D eigenvalue weighted by molar-refractivity contribution is 0.0264. The maximum Gasteiger partial charge on any atom is 0.276 e. The number of aromatic nitrogens is 1. The van der Waals surface area contributed by atoms with Crippen LogP contribution in [0.25, 0.3) is 0 Å². The highest BCUT2D eigenvalue weighted by atomic mass is 16.5. The van der Waals surface area contributed by atoms with E-state index in [4.69, 9.17) is 4.74 Å². The number of aliphatic hydroxyl groups excluding tert-OH is 1. The number of morpholine rings is 1. The first-order chi connectivity index (χ1) is 11.2. The quantitative estimate of drug-likeness (QED) is 0.799. The number of aromatic hydroxyl groups is 1. The van der Waals surface area contributed by atoms with Crippen molar-refractivity contribution in [2.24, 2.45) is 11.8 Å². The van der Waals surface area contributed by atoms with Crippen molar-refractivity contribution in [3.63, 3.8) is 0 Å². The molecule has 2 atom stereocenters. The van der Waals surface area contributed by atoms with E-state index in [9.17, 15) is 15.0 Å². The molecule has 2 N–H and O–H groups in total. The fourth-order valence-electron chi connectivity index (χ4n) is 3.35. The molecule has 7 nitrogen and oxygen atoms in total. The molecule has 2 aliphatic rings. The third-order valence-corrected chi connectivity index (χ3v) is 4.68. The number of carbonyl (C=O) groups is 1. The average Bonchev–Trinajstić information content (AvgIpc) is 2.98. The summed E-state index contributed by atoms with van der Waals surface area (Å²) in [5.41, 5.74) is 0.0798. The Bertz CT molecular complexity index is 548. The Morgan fingerprint density at radius 1 is 1.30 bits per heavy atom. The number of likely N-dealkylation sites (tertiary alicyclic amines) is 1. The summed E-state index contributed by atoms with van der Waals surface area (Å²) in [6.07, 6.45) is 1.50. The molecule has 23 heavy (non-hydrogen) atoms. The second-order valence-electron chi connectivity index (χ2n) is 6.20. The molecule has 1 aromatic rings. The van der Waals surface area contributed by atoms with Gasteiger partial charge in [0.05, 0.1) is 13.2 Å². The highest BCUT2D eigenvalue weighted by molar-refractivity contribution is 5.94. The summed E-state index contributed by atoms with van der Waals surface area (Å²) in [6.45, 7) is 5.26. The standard InChI is InChI=1S/C16H23N3O4/c20-11-13-10-19(16(22)15-14(21)2-1-3-17-15)9-12(13)8-18-4-6-23-7-5-18/h1-3,12-13,20-21H,4-11H2/t12-,13-/m1/s1. The number of hydrogen-bond acceptors (Lipinski definition) is 6. The first kappa shape index (κ1) is 16.2. The molecule has 2 aliphatic heterocycles. The molecule has 0 aliphatic carbocycles. The molecule has 2 saturated heterocycles. The Morgan fingerprint density at radius 2 is 2.04 bits per heavy atom. The Morgan fingerprint density at radius 3 is 2.74 bits per heavy atom. The largest absolute Gasteiger partial charge is 0.505 e. The van der Waals surface area contributed by atoms with Gasteiger partial charge < -0.3 is 19.8 Å². The Balaban J connectivity index is 1.66. The fourth-order valence-corrected chi connectivity index (χ4v) is 3.35. The number of amides is 1. The van der Waals surface area contributed by atoms with Crippen molar-refractivity contribution in [1.29, 1.82) is 0 Å². The van der Waals surface area contributed by atoms with Gasteiger partial charge in [-0.25, -0.2) is 4.98 Å². The number of aliphatic hydroxyl groups is 1. The lowest BCUT2D eigenvalue weighted by atomic mass is 9.96. The van der Waals surface area contributed by atoms with Crippen LogP contribution in [0, 0.1) is 11.8 Å². The predicted octanol–water partition coefficient (Wildman–Crippen LogP) is -0.200. The first-order valence-corrected chi connectivity index (χ1v) is 8.03. The van der Waals surface area contributed by atoms with Gasteiger partial charge in [-0.2, -0.15) is 0 Å². The normalized spacial score (nSPS) is 25.7. The van der Waals surface area contributed by atoms with E-state index in [1.807, 2.05) is 0 Å². The minimum Gasteiger partial charge on any atom is -0.505 e. The zero-order chi connectivity index (χ0) is 16.2. The van der Waals surface area contributed by atoms with Crippen LogP contribution in [0.15, 0.2) is 18.3 Å². The summed E-state index contributed by atoms with van der Waals surface area (Å²) in [4.78, 5) is 20.5. The van der Waals surface area contributed by atoms with Crippen LogP contribution in [-0.2, 0) is 4.74 Å². The van der Waals surface area contributed by atoms with Gasteiger partial charge in [0.1, 0.15) is 5.75 Å². The van der Waals surface area contributed by atoms with Gasteiger partial charge in [-0.3, -0.25) is 9.69 Å². The molecule has 0 spiro atoms. The number of carbonyl (C=O) groups excluding carboxylic acids is 1. The van der Waals surface area contributed by atoms with E-state index in [1.165, 1.54) is 12.3 Å². The van der Waals surface area contributed by atoms with Crippen LogP contribution < -0.4 is 0 Å². The molecule has 3 rings (SSSR count). The van der Waals surface area contributed by atoms with Gasteiger partial charge in [-0.1, -0.05) is 0 Å². The van der Waals surface area contributed by atoms with Crippen LogP contribution in [0.2, 0.25) is 0 Å². The van der Waals surface area contributed by atoms with E-state index in [2.05, 4.69) is 9.88 Å². The third kappa shape index (κ3) is 3.63. The van der Waals surface area contributed by atoms with Gasteiger partial charge in [0, 0.05) is 51.4 Å². The van der Waals surface area contributed by atoms with E-state index >= 15 is 0 Å². The smallest absolute Gasteiger partial charge is 0.276 e. The van der Waals surface area contributed by atoms with E-state index < -0.39 is 0 Å². The Labute approximate surface area is 135 Å². The number of hydrogen-bond donors (Lipinski definition) is 2. The second kappa shape index (κ2) is 7.25. The molecule has 3 heterocycles. The number of nitrogens with zero attached hydrogens (tertiary/aromatic N) is 3. The molecule has 0 aromatic carbocycles. The summed E-state index contributed by atoms with van der Waals surface area (Å²) in [5.74, 6) is -0.0822. The molecule has 0 bridgehead atoms. The molecule has 0 radical (unpaired) electrons. The number of ether oxygens (including phenoxy) is 1. The number of rotatable bonds is 4. The van der Waals surface area contributed by atoms with Crippen molar-refractivity contribution in [2.45, 2.75) is 0 Å². The zero-order valence-electron chi connectivity index (χ0n) is 13.1. The molecule has 126 valence electrons. The summed E-state index contributed by atoms with van der Waals surface area (Å²) < 4.78 is 5.36. The van der Waals surface area contributed by atoms with Crippen molar-refractivity contribution < 1.29 is 19.7 Å². The van der Waals surface area contributed by atoms with Crippen molar-refractivity contribution in [1.82, 2.24) is 14.8 Å². The van der Waals surface area contributed by atoms with E-state index in [0.29, 0.717) is 13.1 Å². The lowest BCUT2D eigenvalue weighted by Crippen LogP contribution is -2.41. The van der Waals surface area contributed by atoms with Crippen molar-refractivity contribution in [3.05, 3.63) is 24.0 Å². The van der Waals surface area contributed by atoms with Crippen molar-refractivity contribution in [3.8, 4) is 5.75 Å². The van der Waals surface area contributed by atoms with Crippen LogP contribution >= 0.6 is 0 Å². The summed E-state index contributed by atoms with van der Waals surface area (Å²) in [7, 11) is 0. The van der Waals surface area contributed by atoms with Crippen LogP contribution in [0.4, 0.5) is 0 Å². The molecule has 1 aromatic heterocycles. The minimum absolute atomic E-state index is 0.0625. The van der Waals surface area contributed by atoms with Crippen molar-refractivity contribution >= 4 is 5.91 Å². The minimum atomic E-state index is -0.272. The third-order valence-electron chi connectivity index (χ3n) is 4.68. The van der Waals surface area contributed by atoms with Crippen LogP contribution in [0.5, 0.6) is 5.75 Å². The Kier molecular flexibility index (Phi) is 5.09. The molecule has 1 amide bonds. The molecule has 7 heteroatoms. The molecular weight excluding hydrogens is 298 g/mol. The predicted molar refractivity (Wildman–Crippen MR) is 83.1 cm³/mol. The highest BCUT2D eigenvalue weighted by Crippen LogP contribution is 2.27. The van der Waals surface area contributed by atoms with E-state index in [0.717, 1.165) is 32.8 Å². The molecule has 0 saturated carbocycles. The average molecular weight is 321 g/mol. The summed E-state index contributed by atoms with van der Waals surface area (Å²) in [5, 5.41) is 19.5. The van der Waals surface area contributed by atoms with Gasteiger partial charge in [-0.15, -0.1) is 0 Å². The first-order valence-electron chi connectivity index (χ1n) is 8.03. The molecule has 2 fully saturated rings. The van der Waals surface area contributed by atoms with Gasteiger partial charge in [0.15, 0.2) is 5.69 Å². The van der Waals surface area contributed by atoms with Crippen LogP contribution in [-0.4, -0.2) is 83.4 Å². The molecule has 0 unspecified atom stereocenters. The van der Waals surface area contributed by atoms with E-state index in [-0.39, 0.29) is 35.8 Å². The zero-order valence-corrected chi connectivity index (χ0v) is 13.1. The maximum atomic E-state index is 12.6. The molecular formula is C16H23N3O4. The summed E-state index contributed by atoms with van der Waals surface area (Å²) in [6, 6.07) is 3.05. The maximum absolute atomic E-state index is 12.6. The lowest BCUT2D eigenvalue weighted by Gasteiger charge is -2.30. The second-order valence-corrected chi connectivity index (χ2v) is 6.20. The van der Waals surface area contributed by atoms with Gasteiger partial charge in [0.2, 0.25) is 0 Å². The Hall–Kier alpha value is -1.70. The van der Waals surface area contributed by atoms with E-state index in [1.54, 1.807) is 11.0 Å². The van der Waals surface area contributed by atoms with Crippen LogP contribution in [0.1, 0.15) is 10.5 Å². The van der Waals surface area contributed by atoms with Crippen LogP contribution in [0.3, 0.4) is 0 Å². The van der Waals surface area contributed by atoms with Gasteiger partial charge in [0.25, 0.3) is 5.91 Å². The van der Waals surface area contributed by atoms with Crippen molar-refractivity contribution in [2.75, 3.05) is 52.5 Å². The highest BCUT2D eigenvalue weighted by Gasteiger charge is 2.37. The fraction of sp³-hybridized carbons (Fsp3) is 0.625. The number of pyridine rings is 1. The monoisotopic (exact) mass is 321 g/mol. The topological polar surface area (TPSA) is 86.1 Å².